The van der Waals surface area contributed by atoms with Crippen molar-refractivity contribution in [3.05, 3.63) is 89.9 Å². The number of aliphatic hydroxyl groups is 1. The summed E-state index contributed by atoms with van der Waals surface area (Å²) in [6.07, 6.45) is 1.01. The summed E-state index contributed by atoms with van der Waals surface area (Å²) in [5, 5.41) is 16.4. The molecule has 278 valence electrons. The Labute approximate surface area is 299 Å². The molecule has 1 saturated heterocycles. The lowest BCUT2D eigenvalue weighted by atomic mass is 9.80. The highest BCUT2D eigenvalue weighted by Gasteiger charge is 2.48. The number of imidazole rings is 1. The molecule has 5 rings (SSSR count). The van der Waals surface area contributed by atoms with Gasteiger partial charge in [0.05, 0.1) is 30.9 Å². The van der Waals surface area contributed by atoms with Crippen molar-refractivity contribution >= 4 is 23.6 Å². The van der Waals surface area contributed by atoms with Crippen molar-refractivity contribution in [2.45, 2.75) is 45.6 Å². The topological polar surface area (TPSA) is 146 Å². The van der Waals surface area contributed by atoms with Crippen molar-refractivity contribution in [1.29, 1.82) is 0 Å². The normalized spacial score (nSPS) is 18.6. The number of aromatic nitrogens is 2. The smallest absolute Gasteiger partial charge is 0.253 e. The molecular weight excluding hydrogens is 681 g/mol. The van der Waals surface area contributed by atoms with E-state index in [1.54, 1.807) is 18.4 Å². The number of carbonyl (C=O) groups excluding carboxylic acids is 4. The minimum Gasteiger partial charge on any atom is -0.384 e. The summed E-state index contributed by atoms with van der Waals surface area (Å²) >= 11 is 0. The Kier molecular flexibility index (Phi) is 12.3. The molecule has 2 aliphatic heterocycles. The third-order valence-corrected chi connectivity index (χ3v) is 9.25. The van der Waals surface area contributed by atoms with Gasteiger partial charge >= 0.3 is 0 Å². The Morgan fingerprint density at radius 3 is 2.46 bits per heavy atom. The number of nitrogens with zero attached hydrogens (tertiary/aromatic N) is 4. The summed E-state index contributed by atoms with van der Waals surface area (Å²) in [5.41, 5.74) is -0.828. The minimum absolute atomic E-state index is 0.0107. The van der Waals surface area contributed by atoms with Crippen LogP contribution in [0.25, 0.3) is 11.3 Å². The van der Waals surface area contributed by atoms with Gasteiger partial charge in [0, 0.05) is 62.6 Å². The Morgan fingerprint density at radius 2 is 1.81 bits per heavy atom. The predicted octanol–water partition coefficient (Wildman–Crippen LogP) is 2.77. The van der Waals surface area contributed by atoms with Crippen LogP contribution in [0.15, 0.2) is 66.9 Å². The van der Waals surface area contributed by atoms with E-state index in [-0.39, 0.29) is 69.6 Å². The molecule has 0 spiro atoms. The van der Waals surface area contributed by atoms with Gasteiger partial charge in [-0.15, -0.1) is 0 Å². The predicted molar refractivity (Wildman–Crippen MR) is 184 cm³/mol. The third-order valence-electron chi connectivity index (χ3n) is 9.25. The van der Waals surface area contributed by atoms with Gasteiger partial charge in [-0.25, -0.2) is 18.2 Å². The molecule has 0 bridgehead atoms. The number of rotatable bonds is 16. The summed E-state index contributed by atoms with van der Waals surface area (Å²) in [5.74, 6) is -4.19. The van der Waals surface area contributed by atoms with Gasteiger partial charge in [0.1, 0.15) is 35.8 Å². The Morgan fingerprint density at radius 1 is 1.10 bits per heavy atom. The first-order valence-corrected chi connectivity index (χ1v) is 17.1. The highest BCUT2D eigenvalue weighted by Crippen LogP contribution is 2.41. The van der Waals surface area contributed by atoms with Crippen molar-refractivity contribution in [1.82, 2.24) is 30.0 Å². The van der Waals surface area contributed by atoms with Crippen LogP contribution < -0.4 is 10.6 Å². The molecule has 0 radical (unpaired) electrons. The average molecular weight is 725 g/mol. The zero-order valence-electron chi connectivity index (χ0n) is 29.2. The molecule has 4 unspecified atom stereocenters. The lowest BCUT2D eigenvalue weighted by molar-refractivity contribution is -0.150. The van der Waals surface area contributed by atoms with Gasteiger partial charge in [0.2, 0.25) is 5.91 Å². The van der Waals surface area contributed by atoms with Crippen LogP contribution >= 0.6 is 0 Å². The van der Waals surface area contributed by atoms with Gasteiger partial charge in [0.25, 0.3) is 17.7 Å². The van der Waals surface area contributed by atoms with Gasteiger partial charge in [-0.05, 0) is 44.5 Å². The maximum absolute atomic E-state index is 15.2. The van der Waals surface area contributed by atoms with Crippen LogP contribution in [0.3, 0.4) is 0 Å². The molecule has 0 aliphatic carbocycles. The summed E-state index contributed by atoms with van der Waals surface area (Å²) in [6.45, 7) is 4.82. The van der Waals surface area contributed by atoms with Gasteiger partial charge in [-0.3, -0.25) is 24.1 Å². The number of alkyl halides is 1. The average Bonchev–Trinajstić information content (AvgIpc) is 3.81. The van der Waals surface area contributed by atoms with E-state index in [9.17, 15) is 28.7 Å². The maximum Gasteiger partial charge on any atom is 0.253 e. The van der Waals surface area contributed by atoms with Crippen LogP contribution in [0.5, 0.6) is 0 Å². The van der Waals surface area contributed by atoms with E-state index in [1.807, 2.05) is 30.3 Å². The van der Waals surface area contributed by atoms with Crippen LogP contribution in [0.2, 0.25) is 0 Å². The lowest BCUT2D eigenvalue weighted by Crippen LogP contribution is -2.54. The standard InChI is InChI=1S/C37H43F3N6O6/c1-23(47)35(50)46(21-25-18-41-19-29(25)40)33(37(2,3)36(51)42-13-15-52-16-14-45-31(48)11-12-32(45)49)34-43-30(27-17-26(38)9-10-28(27)39)22-44(34)20-24-7-5-4-6-8-24/h4-12,17,22-23,25,29,33,41,47H,13-16,18-21H2,1-3H3,(H,42,51). The van der Waals surface area contributed by atoms with Crippen LogP contribution in [0.1, 0.15) is 38.2 Å². The molecule has 3 heterocycles. The first kappa shape index (κ1) is 38.4. The van der Waals surface area contributed by atoms with Crippen molar-refractivity contribution in [3.8, 4) is 11.3 Å². The number of hydrogen-bond donors (Lipinski definition) is 3. The van der Waals surface area contributed by atoms with E-state index in [4.69, 9.17) is 9.72 Å². The third kappa shape index (κ3) is 8.77. The molecule has 2 aromatic carbocycles. The van der Waals surface area contributed by atoms with Gasteiger partial charge in [0.15, 0.2) is 0 Å². The van der Waals surface area contributed by atoms with Gasteiger partial charge in [-0.2, -0.15) is 0 Å². The number of benzene rings is 2. The number of amides is 4. The number of ether oxygens (including phenoxy) is 1. The Hall–Kier alpha value is -4.86. The van der Waals surface area contributed by atoms with Crippen molar-refractivity contribution in [2.75, 3.05) is 45.9 Å². The number of hydrogen-bond acceptors (Lipinski definition) is 8. The molecule has 4 amide bonds. The second-order valence-corrected chi connectivity index (χ2v) is 13.5. The molecule has 0 saturated carbocycles. The molecule has 4 atom stereocenters. The van der Waals surface area contributed by atoms with E-state index in [2.05, 4.69) is 10.6 Å². The highest BCUT2D eigenvalue weighted by atomic mass is 19.1. The molecule has 1 aromatic heterocycles. The maximum atomic E-state index is 15.2. The second kappa shape index (κ2) is 16.7. The first-order valence-electron chi connectivity index (χ1n) is 17.1. The molecule has 2 aliphatic rings. The number of aliphatic hydroxyl groups excluding tert-OH is 1. The monoisotopic (exact) mass is 724 g/mol. The number of carbonyl (C=O) groups is 4. The van der Waals surface area contributed by atoms with Crippen LogP contribution in [0.4, 0.5) is 13.2 Å². The van der Waals surface area contributed by atoms with Crippen LogP contribution in [-0.2, 0) is 30.5 Å². The van der Waals surface area contributed by atoms with E-state index in [0.717, 1.165) is 28.7 Å². The molecule has 3 aromatic rings. The molecule has 1 fully saturated rings. The van der Waals surface area contributed by atoms with E-state index < -0.39 is 64.9 Å². The quantitative estimate of drug-likeness (QED) is 0.151. The molecule has 3 N–H and O–H groups in total. The fourth-order valence-electron chi connectivity index (χ4n) is 6.42. The van der Waals surface area contributed by atoms with Gasteiger partial charge in [-0.1, -0.05) is 30.3 Å². The van der Waals surface area contributed by atoms with Crippen molar-refractivity contribution < 1.29 is 42.2 Å². The van der Waals surface area contributed by atoms with E-state index >= 15 is 8.78 Å². The molecule has 15 heteroatoms. The van der Waals surface area contributed by atoms with Gasteiger partial charge < -0.3 is 29.9 Å². The fraction of sp³-hybridized carbons (Fsp3) is 0.432. The molecule has 52 heavy (non-hydrogen) atoms. The highest BCUT2D eigenvalue weighted by molar-refractivity contribution is 6.12. The Balaban J connectivity index is 1.51. The zero-order chi connectivity index (χ0) is 37.6. The van der Waals surface area contributed by atoms with E-state index in [1.165, 1.54) is 30.2 Å². The van der Waals surface area contributed by atoms with Crippen molar-refractivity contribution in [3.63, 3.8) is 0 Å². The summed E-state index contributed by atoms with van der Waals surface area (Å²) < 4.78 is 51.9. The summed E-state index contributed by atoms with van der Waals surface area (Å²) in [7, 11) is 0. The van der Waals surface area contributed by atoms with E-state index in [0.29, 0.717) is 0 Å². The SMILES string of the molecule is CC(O)C(=O)N(CC1CNCC1F)C(c1nc(-c2cc(F)ccc2F)cn1Cc1ccccc1)C(C)(C)C(=O)NCCOCCN1C(=O)C=CC1=O. The second-order valence-electron chi connectivity index (χ2n) is 13.5. The number of nitrogens with one attached hydrogen (secondary N) is 2. The largest absolute Gasteiger partial charge is 0.384 e. The summed E-state index contributed by atoms with van der Waals surface area (Å²) in [6, 6.07) is 10.9. The molecular formula is C37H43F3N6O6. The van der Waals surface area contributed by atoms with Crippen LogP contribution in [0, 0.1) is 23.0 Å². The minimum atomic E-state index is -1.54. The Bertz CT molecular complexity index is 1780. The fourth-order valence-corrected chi connectivity index (χ4v) is 6.42. The van der Waals surface area contributed by atoms with Crippen LogP contribution in [-0.4, -0.2) is 106 Å². The number of imide groups is 1. The molecule has 12 nitrogen and oxygen atoms in total. The lowest BCUT2D eigenvalue weighted by Gasteiger charge is -2.42. The van der Waals surface area contributed by atoms with Crippen molar-refractivity contribution in [2.24, 2.45) is 11.3 Å². The summed E-state index contributed by atoms with van der Waals surface area (Å²) in [4.78, 5) is 58.7. The number of halogens is 3. The zero-order valence-corrected chi connectivity index (χ0v) is 29.2. The first-order chi connectivity index (χ1) is 24.8.